The Morgan fingerprint density at radius 3 is 2.70 bits per heavy atom. The first-order chi connectivity index (χ1) is 15.8. The highest BCUT2D eigenvalue weighted by molar-refractivity contribution is 9.10. The summed E-state index contributed by atoms with van der Waals surface area (Å²) in [7, 11) is 1.46. The number of phenols is 1. The fourth-order valence-corrected chi connectivity index (χ4v) is 5.24. The average Bonchev–Trinajstić information content (AvgIpc) is 3.10. The van der Waals surface area contributed by atoms with Crippen molar-refractivity contribution in [2.45, 2.75) is 19.9 Å². The topological polar surface area (TPSA) is 90.1 Å². The number of carbonyl (C=O) groups excluding carboxylic acids is 1. The molecule has 1 aliphatic rings. The molecule has 170 valence electrons. The third-order valence-electron chi connectivity index (χ3n) is 5.21. The van der Waals surface area contributed by atoms with Crippen molar-refractivity contribution < 1.29 is 19.4 Å². The first-order valence-corrected chi connectivity index (χ1v) is 11.8. The summed E-state index contributed by atoms with van der Waals surface area (Å²) < 4.78 is 13.1. The van der Waals surface area contributed by atoms with Crippen LogP contribution in [0.2, 0.25) is 0 Å². The predicted molar refractivity (Wildman–Crippen MR) is 129 cm³/mol. The predicted octanol–water partition coefficient (Wildman–Crippen LogP) is 3.28. The largest absolute Gasteiger partial charge is 0.504 e. The second-order valence-electron chi connectivity index (χ2n) is 7.26. The number of carbonyl (C=O) groups is 1. The molecule has 0 saturated carbocycles. The number of aromatic hydroxyl groups is 1. The molecular weight excluding hydrogens is 508 g/mol. The van der Waals surface area contributed by atoms with Gasteiger partial charge in [0.1, 0.15) is 0 Å². The number of thiazole rings is 1. The number of hydrogen-bond acceptors (Lipinski definition) is 7. The molecule has 2 aromatic carbocycles. The number of methoxy groups -OCH3 is 1. The zero-order valence-electron chi connectivity index (χ0n) is 18.2. The molecule has 33 heavy (non-hydrogen) atoms. The number of halogens is 1. The summed E-state index contributed by atoms with van der Waals surface area (Å²) in [5.41, 5.74) is 1.70. The minimum atomic E-state index is -0.672. The highest BCUT2D eigenvalue weighted by atomic mass is 79.9. The maximum atomic E-state index is 13.6. The number of hydrogen-bond donors (Lipinski definition) is 1. The Morgan fingerprint density at radius 2 is 2.03 bits per heavy atom. The minimum Gasteiger partial charge on any atom is -0.504 e. The van der Waals surface area contributed by atoms with E-state index in [2.05, 4.69) is 20.9 Å². The lowest BCUT2D eigenvalue weighted by Gasteiger charge is -2.24. The van der Waals surface area contributed by atoms with E-state index in [1.165, 1.54) is 23.0 Å². The highest BCUT2D eigenvalue weighted by Gasteiger charge is 2.33. The second-order valence-corrected chi connectivity index (χ2v) is 9.18. The molecule has 0 radical (unpaired) electrons. The number of aromatic nitrogens is 1. The molecule has 9 heteroatoms. The summed E-state index contributed by atoms with van der Waals surface area (Å²) in [4.78, 5) is 31.4. The molecule has 1 aliphatic heterocycles. The fraction of sp³-hybridized carbons (Fsp3) is 0.208. The van der Waals surface area contributed by atoms with Gasteiger partial charge in [-0.05, 0) is 37.6 Å². The number of allylic oxidation sites excluding steroid dienone is 1. The van der Waals surface area contributed by atoms with Gasteiger partial charge in [-0.1, -0.05) is 57.6 Å². The molecule has 0 bridgehead atoms. The van der Waals surface area contributed by atoms with E-state index < -0.39 is 12.0 Å². The average molecular weight is 529 g/mol. The Hall–Kier alpha value is -3.17. The number of ether oxygens (including phenoxy) is 2. The first kappa shape index (κ1) is 23.0. The molecule has 1 aromatic heterocycles. The third kappa shape index (κ3) is 4.26. The van der Waals surface area contributed by atoms with Gasteiger partial charge in [-0.3, -0.25) is 9.36 Å². The van der Waals surface area contributed by atoms with E-state index in [4.69, 9.17) is 9.47 Å². The van der Waals surface area contributed by atoms with Gasteiger partial charge in [0, 0.05) is 10.0 Å². The molecule has 0 saturated heterocycles. The lowest BCUT2D eigenvalue weighted by Crippen LogP contribution is -2.39. The molecule has 2 heterocycles. The van der Waals surface area contributed by atoms with E-state index >= 15 is 0 Å². The van der Waals surface area contributed by atoms with Crippen LogP contribution in [-0.2, 0) is 9.53 Å². The summed E-state index contributed by atoms with van der Waals surface area (Å²) in [6.45, 7) is 3.69. The molecule has 0 aliphatic carbocycles. The number of fused-ring (bicyclic) bond motifs is 1. The van der Waals surface area contributed by atoms with Crippen molar-refractivity contribution >= 4 is 39.3 Å². The van der Waals surface area contributed by atoms with E-state index in [0.717, 1.165) is 5.56 Å². The van der Waals surface area contributed by atoms with Crippen LogP contribution in [0.4, 0.5) is 0 Å². The lowest BCUT2D eigenvalue weighted by molar-refractivity contribution is -0.139. The van der Waals surface area contributed by atoms with Crippen molar-refractivity contribution in [2.75, 3.05) is 13.7 Å². The van der Waals surface area contributed by atoms with E-state index in [9.17, 15) is 14.7 Å². The maximum Gasteiger partial charge on any atom is 0.338 e. The molecule has 1 atom stereocenters. The Balaban J connectivity index is 1.97. The Labute approximate surface area is 202 Å². The van der Waals surface area contributed by atoms with Crippen molar-refractivity contribution in [1.29, 1.82) is 0 Å². The van der Waals surface area contributed by atoms with Crippen molar-refractivity contribution in [3.05, 3.63) is 89.0 Å². The van der Waals surface area contributed by atoms with Crippen molar-refractivity contribution in [1.82, 2.24) is 4.57 Å². The lowest BCUT2D eigenvalue weighted by atomic mass is 9.96. The standard InChI is InChI=1S/C24H21BrN2O5S/c1-4-32-23(30)19-13(2)26-24-27(20(19)14-8-6-5-7-9-14)22(29)18(33-24)11-15-10-16(25)12-17(31-3)21(15)28/h5-12,20,28H,4H2,1-3H3/b18-11+/t20-/m0/s1. The normalized spacial score (nSPS) is 15.8. The van der Waals surface area contributed by atoms with Crippen molar-refractivity contribution in [3.8, 4) is 11.5 Å². The molecule has 0 fully saturated rings. The van der Waals surface area contributed by atoms with Crippen LogP contribution in [0.5, 0.6) is 11.5 Å². The zero-order valence-corrected chi connectivity index (χ0v) is 20.6. The van der Waals surface area contributed by atoms with Gasteiger partial charge < -0.3 is 14.6 Å². The SMILES string of the molecule is CCOC(=O)C1=C(C)N=c2s/c(=C/c3cc(Br)cc(OC)c3O)c(=O)n2[C@H]1c1ccccc1. The quantitative estimate of drug-likeness (QED) is 0.513. The summed E-state index contributed by atoms with van der Waals surface area (Å²) in [6, 6.07) is 12.0. The van der Waals surface area contributed by atoms with E-state index in [-0.39, 0.29) is 23.7 Å². The molecular formula is C24H21BrN2O5S. The van der Waals surface area contributed by atoms with Gasteiger partial charge in [-0.2, -0.15) is 0 Å². The summed E-state index contributed by atoms with van der Waals surface area (Å²) in [5, 5.41) is 10.5. The number of phenolic OH excluding ortho intramolecular Hbond substituents is 1. The zero-order chi connectivity index (χ0) is 23.7. The molecule has 0 spiro atoms. The van der Waals surface area contributed by atoms with Crippen LogP contribution < -0.4 is 19.6 Å². The maximum absolute atomic E-state index is 13.6. The van der Waals surface area contributed by atoms with Gasteiger partial charge in [0.25, 0.3) is 5.56 Å². The van der Waals surface area contributed by atoms with Gasteiger partial charge in [0.2, 0.25) is 0 Å². The Bertz CT molecular complexity index is 1440. The molecule has 1 N–H and O–H groups in total. The van der Waals surface area contributed by atoms with Gasteiger partial charge in [0.05, 0.1) is 35.6 Å². The molecule has 0 amide bonds. The number of rotatable bonds is 5. The van der Waals surface area contributed by atoms with Crippen LogP contribution in [0.15, 0.2) is 68.0 Å². The van der Waals surface area contributed by atoms with E-state index in [1.54, 1.807) is 32.1 Å². The smallest absolute Gasteiger partial charge is 0.338 e. The molecule has 3 aromatic rings. The van der Waals surface area contributed by atoms with Gasteiger partial charge >= 0.3 is 5.97 Å². The van der Waals surface area contributed by atoms with E-state index in [0.29, 0.717) is 30.6 Å². The van der Waals surface area contributed by atoms with Crippen LogP contribution in [0.3, 0.4) is 0 Å². The summed E-state index contributed by atoms with van der Waals surface area (Å²) >= 11 is 4.58. The van der Waals surface area contributed by atoms with Gasteiger partial charge in [-0.25, -0.2) is 9.79 Å². The van der Waals surface area contributed by atoms with Gasteiger partial charge in [-0.15, -0.1) is 0 Å². The number of benzene rings is 2. The highest BCUT2D eigenvalue weighted by Crippen LogP contribution is 2.34. The Kier molecular flexibility index (Phi) is 6.53. The Morgan fingerprint density at radius 1 is 1.30 bits per heavy atom. The first-order valence-electron chi connectivity index (χ1n) is 10.2. The number of esters is 1. The van der Waals surface area contributed by atoms with Crippen molar-refractivity contribution in [3.63, 3.8) is 0 Å². The summed E-state index contributed by atoms with van der Waals surface area (Å²) in [6.07, 6.45) is 1.60. The van der Waals surface area contributed by atoms with Crippen LogP contribution in [0.1, 0.15) is 31.0 Å². The van der Waals surface area contributed by atoms with Crippen LogP contribution in [0.25, 0.3) is 6.08 Å². The monoisotopic (exact) mass is 528 g/mol. The summed E-state index contributed by atoms with van der Waals surface area (Å²) in [5.74, 6) is -0.295. The molecule has 7 nitrogen and oxygen atoms in total. The van der Waals surface area contributed by atoms with Crippen LogP contribution in [-0.4, -0.2) is 29.4 Å². The van der Waals surface area contributed by atoms with Crippen LogP contribution in [0, 0.1) is 0 Å². The third-order valence-corrected chi connectivity index (χ3v) is 6.65. The fourth-order valence-electron chi connectivity index (χ4n) is 3.74. The van der Waals surface area contributed by atoms with Crippen molar-refractivity contribution in [2.24, 2.45) is 4.99 Å². The van der Waals surface area contributed by atoms with E-state index in [1.807, 2.05) is 30.3 Å². The van der Waals surface area contributed by atoms with Gasteiger partial charge in [0.15, 0.2) is 16.3 Å². The number of nitrogens with zero attached hydrogens (tertiary/aromatic N) is 2. The van der Waals surface area contributed by atoms with Crippen LogP contribution >= 0.6 is 27.3 Å². The minimum absolute atomic E-state index is 0.0745. The molecule has 4 rings (SSSR count). The second kappa shape index (κ2) is 9.36. The molecule has 0 unspecified atom stereocenters.